The highest BCUT2D eigenvalue weighted by atomic mass is 32.1. The number of aliphatic hydroxyl groups is 1. The molecule has 1 aliphatic rings. The van der Waals surface area contributed by atoms with Gasteiger partial charge in [0.2, 0.25) is 0 Å². The maximum Gasteiger partial charge on any atom is 0.301 e. The van der Waals surface area contributed by atoms with E-state index in [0.29, 0.717) is 35.8 Å². The number of Topliss-reactive ketones (excluding diaryl/α,β-unsaturated/α-hetero) is 1. The highest BCUT2D eigenvalue weighted by Crippen LogP contribution is 2.45. The van der Waals surface area contributed by atoms with Gasteiger partial charge in [-0.25, -0.2) is 9.37 Å². The fraction of sp³-hybridized carbons (Fsp3) is 0.207. The predicted molar refractivity (Wildman–Crippen MR) is 144 cm³/mol. The topological polar surface area (TPSA) is 89.0 Å². The molecule has 1 unspecified atom stereocenters. The van der Waals surface area contributed by atoms with E-state index >= 15 is 4.39 Å². The summed E-state index contributed by atoms with van der Waals surface area (Å²) in [6.45, 7) is 4.90. The zero-order valence-corrected chi connectivity index (χ0v) is 21.6. The summed E-state index contributed by atoms with van der Waals surface area (Å²) in [5.41, 5.74) is 0.770. The Kier molecular flexibility index (Phi) is 7.11. The molecule has 0 bridgehead atoms. The molecule has 4 aromatic rings. The van der Waals surface area contributed by atoms with Crippen molar-refractivity contribution in [3.8, 4) is 11.5 Å². The van der Waals surface area contributed by atoms with Crippen LogP contribution in [-0.4, -0.2) is 35.0 Å². The minimum absolute atomic E-state index is 0.0745. The summed E-state index contributed by atoms with van der Waals surface area (Å²) in [5.74, 6) is -1.58. The number of ketones is 1. The van der Waals surface area contributed by atoms with Gasteiger partial charge in [0.25, 0.3) is 5.78 Å². The van der Waals surface area contributed by atoms with Gasteiger partial charge in [0.05, 0.1) is 29.0 Å². The normalized spacial score (nSPS) is 16.8. The largest absolute Gasteiger partial charge is 0.507 e. The van der Waals surface area contributed by atoms with Gasteiger partial charge in [-0.2, -0.15) is 0 Å². The van der Waals surface area contributed by atoms with Crippen molar-refractivity contribution in [1.82, 2.24) is 4.98 Å². The van der Waals surface area contributed by atoms with Gasteiger partial charge in [0, 0.05) is 11.1 Å². The van der Waals surface area contributed by atoms with Crippen molar-refractivity contribution in [2.45, 2.75) is 26.3 Å². The van der Waals surface area contributed by atoms with Gasteiger partial charge in [-0.05, 0) is 61.9 Å². The molecule has 0 radical (unpaired) electrons. The number of carbonyl (C=O) groups is 2. The number of rotatable bonds is 8. The molecule has 1 atom stereocenters. The van der Waals surface area contributed by atoms with Crippen molar-refractivity contribution in [3.05, 3.63) is 89.2 Å². The molecule has 1 saturated heterocycles. The second-order valence-corrected chi connectivity index (χ2v) is 9.63. The first-order valence-corrected chi connectivity index (χ1v) is 13.1. The molecule has 1 aromatic heterocycles. The van der Waals surface area contributed by atoms with Crippen LogP contribution < -0.4 is 14.4 Å². The lowest BCUT2D eigenvalue weighted by atomic mass is 9.95. The molecule has 3 aromatic carbocycles. The zero-order valence-electron chi connectivity index (χ0n) is 20.8. The molecule has 1 fully saturated rings. The first-order valence-electron chi connectivity index (χ1n) is 12.2. The second-order valence-electron chi connectivity index (χ2n) is 8.62. The van der Waals surface area contributed by atoms with E-state index in [9.17, 15) is 14.7 Å². The van der Waals surface area contributed by atoms with Crippen molar-refractivity contribution >= 4 is 44.1 Å². The molecule has 0 spiro atoms. The number of anilines is 1. The Morgan fingerprint density at radius 3 is 2.47 bits per heavy atom. The summed E-state index contributed by atoms with van der Waals surface area (Å²) in [7, 11) is 0. The first kappa shape index (κ1) is 25.4. The Hall–Kier alpha value is -4.24. The minimum atomic E-state index is -1.21. The number of amides is 1. The van der Waals surface area contributed by atoms with Crippen LogP contribution in [0.2, 0.25) is 0 Å². The molecule has 5 rings (SSSR count). The van der Waals surface area contributed by atoms with Gasteiger partial charge < -0.3 is 14.6 Å². The van der Waals surface area contributed by atoms with Crippen molar-refractivity contribution < 1.29 is 28.6 Å². The lowest BCUT2D eigenvalue weighted by molar-refractivity contribution is -0.132. The number of carbonyl (C=O) groups excluding carboxylic acids is 2. The fourth-order valence-electron chi connectivity index (χ4n) is 4.36. The van der Waals surface area contributed by atoms with Gasteiger partial charge in [0.1, 0.15) is 29.1 Å². The quantitative estimate of drug-likeness (QED) is 0.164. The molecule has 1 amide bonds. The number of nitrogens with zero attached hydrogens (tertiary/aromatic N) is 2. The maximum atomic E-state index is 15.1. The summed E-state index contributed by atoms with van der Waals surface area (Å²) in [5, 5.41) is 11.5. The Balaban J connectivity index is 1.64. The summed E-state index contributed by atoms with van der Waals surface area (Å²) in [4.78, 5) is 32.5. The summed E-state index contributed by atoms with van der Waals surface area (Å²) < 4.78 is 27.0. The molecule has 9 heteroatoms. The van der Waals surface area contributed by atoms with Crippen LogP contribution in [0, 0.1) is 5.82 Å². The average molecular weight is 533 g/mol. The van der Waals surface area contributed by atoms with E-state index in [-0.39, 0.29) is 16.3 Å². The SMILES string of the molecule is CCCOc1ccc(/C(O)=C2\C(=O)C(=O)N(c3nc4ccc(OCC)cc4s3)C2c2ccccc2F)cc1. The van der Waals surface area contributed by atoms with E-state index in [2.05, 4.69) is 4.98 Å². The number of benzene rings is 3. The second kappa shape index (κ2) is 10.6. The van der Waals surface area contributed by atoms with Gasteiger partial charge in [-0.3, -0.25) is 14.5 Å². The molecule has 1 aliphatic heterocycles. The van der Waals surface area contributed by atoms with Gasteiger partial charge in [-0.1, -0.05) is 36.5 Å². The third-order valence-electron chi connectivity index (χ3n) is 6.11. The van der Waals surface area contributed by atoms with E-state index < -0.39 is 29.3 Å². The van der Waals surface area contributed by atoms with Crippen LogP contribution in [0.5, 0.6) is 11.5 Å². The van der Waals surface area contributed by atoms with Crippen LogP contribution >= 0.6 is 11.3 Å². The van der Waals surface area contributed by atoms with E-state index in [1.807, 2.05) is 13.8 Å². The first-order chi connectivity index (χ1) is 18.4. The number of fused-ring (bicyclic) bond motifs is 1. The third kappa shape index (κ3) is 4.61. The minimum Gasteiger partial charge on any atom is -0.507 e. The molecule has 0 aliphatic carbocycles. The van der Waals surface area contributed by atoms with E-state index in [1.54, 1.807) is 48.5 Å². The van der Waals surface area contributed by atoms with Gasteiger partial charge in [0.15, 0.2) is 5.13 Å². The maximum absolute atomic E-state index is 15.1. The van der Waals surface area contributed by atoms with Crippen molar-refractivity contribution in [1.29, 1.82) is 0 Å². The fourth-order valence-corrected chi connectivity index (χ4v) is 5.38. The van der Waals surface area contributed by atoms with Crippen LogP contribution in [0.4, 0.5) is 9.52 Å². The van der Waals surface area contributed by atoms with Crippen LogP contribution in [0.25, 0.3) is 16.0 Å². The molecule has 2 heterocycles. The van der Waals surface area contributed by atoms with Crippen LogP contribution in [0.3, 0.4) is 0 Å². The van der Waals surface area contributed by atoms with Crippen LogP contribution in [-0.2, 0) is 9.59 Å². The van der Waals surface area contributed by atoms with Crippen molar-refractivity contribution in [3.63, 3.8) is 0 Å². The Bertz CT molecular complexity index is 1550. The molecule has 0 saturated carbocycles. The number of hydrogen-bond acceptors (Lipinski definition) is 7. The van der Waals surface area contributed by atoms with Gasteiger partial charge in [-0.15, -0.1) is 0 Å². The number of halogens is 1. The number of hydrogen-bond donors (Lipinski definition) is 1. The number of ether oxygens (including phenoxy) is 2. The van der Waals surface area contributed by atoms with Crippen molar-refractivity contribution in [2.75, 3.05) is 18.1 Å². The summed E-state index contributed by atoms with van der Waals surface area (Å²) >= 11 is 1.18. The van der Waals surface area contributed by atoms with E-state index in [1.165, 1.54) is 29.5 Å². The molecule has 7 nitrogen and oxygen atoms in total. The molecule has 1 N–H and O–H groups in total. The number of aromatic nitrogens is 1. The predicted octanol–water partition coefficient (Wildman–Crippen LogP) is 6.25. The molecule has 38 heavy (non-hydrogen) atoms. The lowest BCUT2D eigenvalue weighted by Gasteiger charge is -2.23. The van der Waals surface area contributed by atoms with E-state index in [0.717, 1.165) is 16.0 Å². The van der Waals surface area contributed by atoms with Crippen LogP contribution in [0.1, 0.15) is 37.4 Å². The average Bonchev–Trinajstić information content (AvgIpc) is 3.45. The zero-order chi connectivity index (χ0) is 26.8. The third-order valence-corrected chi connectivity index (χ3v) is 7.13. The number of aliphatic hydroxyl groups excluding tert-OH is 1. The lowest BCUT2D eigenvalue weighted by Crippen LogP contribution is -2.29. The Morgan fingerprint density at radius 1 is 1.03 bits per heavy atom. The standard InChI is InChI=1S/C29H25FN2O5S/c1-3-15-37-18-11-9-17(10-12-18)26(33)24-25(20-7-5-6-8-21(20)30)32(28(35)27(24)34)29-31-22-14-13-19(36-4-2)16-23(22)38-29/h5-14,16,25,33H,3-4,15H2,1-2H3/b26-24+. The smallest absolute Gasteiger partial charge is 0.301 e. The molecule has 194 valence electrons. The van der Waals surface area contributed by atoms with Crippen LogP contribution in [0.15, 0.2) is 72.3 Å². The molecular formula is C29H25FN2O5S. The Labute approximate surface area is 222 Å². The molecular weight excluding hydrogens is 507 g/mol. The summed E-state index contributed by atoms with van der Waals surface area (Å²) in [6, 6.07) is 16.5. The van der Waals surface area contributed by atoms with Gasteiger partial charge >= 0.3 is 5.91 Å². The van der Waals surface area contributed by atoms with Crippen molar-refractivity contribution in [2.24, 2.45) is 0 Å². The monoisotopic (exact) mass is 532 g/mol. The highest BCUT2D eigenvalue weighted by Gasteiger charge is 2.49. The highest BCUT2D eigenvalue weighted by molar-refractivity contribution is 7.22. The van der Waals surface area contributed by atoms with E-state index in [4.69, 9.17) is 9.47 Å². The summed E-state index contributed by atoms with van der Waals surface area (Å²) in [6.07, 6.45) is 0.840. The Morgan fingerprint density at radius 2 is 1.76 bits per heavy atom. The number of thiazole rings is 1.